The van der Waals surface area contributed by atoms with Crippen LogP contribution in [-0.2, 0) is 25.6 Å². The van der Waals surface area contributed by atoms with Gasteiger partial charge in [0.25, 0.3) is 0 Å². The van der Waals surface area contributed by atoms with E-state index in [0.29, 0.717) is 19.8 Å². The topological polar surface area (TPSA) is 55.4 Å². The minimum Gasteiger partial charge on any atom is -0.417 e. The van der Waals surface area contributed by atoms with Gasteiger partial charge in [0.15, 0.2) is 26.4 Å². The summed E-state index contributed by atoms with van der Waals surface area (Å²) in [6.07, 6.45) is 2.87. The fraction of sp³-hybridized carbons (Fsp3) is 1.00. The van der Waals surface area contributed by atoms with Crippen LogP contribution in [0.15, 0.2) is 0 Å². The van der Waals surface area contributed by atoms with E-state index in [1.54, 1.807) is 0 Å². The summed E-state index contributed by atoms with van der Waals surface area (Å²) in [5.74, 6) is 0. The van der Waals surface area contributed by atoms with Crippen molar-refractivity contribution in [1.29, 1.82) is 0 Å². The molecule has 2 radical (unpaired) electrons. The molecule has 174 valence electrons. The number of rotatable bonds is 18. The van der Waals surface area contributed by atoms with Crippen LogP contribution in [0.1, 0.15) is 40.0 Å². The van der Waals surface area contributed by atoms with Gasteiger partial charge >= 0.3 is 17.6 Å². The van der Waals surface area contributed by atoms with Crippen molar-refractivity contribution in [2.75, 3.05) is 19.8 Å². The highest BCUT2D eigenvalue weighted by atomic mass is 28.5. The molecule has 29 heavy (non-hydrogen) atoms. The highest BCUT2D eigenvalue weighted by molar-refractivity contribution is 6.85. The first-order valence-corrected chi connectivity index (χ1v) is 23.1. The minimum absolute atomic E-state index is 0.677. The van der Waals surface area contributed by atoms with Gasteiger partial charge in [-0.15, -0.1) is 0 Å². The van der Waals surface area contributed by atoms with Crippen molar-refractivity contribution < 1.29 is 25.6 Å². The maximum Gasteiger partial charge on any atom is 0.500 e. The lowest BCUT2D eigenvalue weighted by Crippen LogP contribution is -2.55. The van der Waals surface area contributed by atoms with Crippen molar-refractivity contribution in [3.05, 3.63) is 0 Å². The first-order valence-electron chi connectivity index (χ1n) is 11.0. The molecule has 0 saturated carbocycles. The lowest BCUT2D eigenvalue weighted by atomic mass is 10.5. The van der Waals surface area contributed by atoms with E-state index in [-0.39, 0.29) is 0 Å². The second-order valence-corrected chi connectivity index (χ2v) is 23.0. The van der Waals surface area contributed by atoms with Gasteiger partial charge in [-0.25, -0.2) is 0 Å². The number of hydrogen-bond acceptors (Lipinski definition) is 6. The smallest absolute Gasteiger partial charge is 0.417 e. The van der Waals surface area contributed by atoms with Crippen LogP contribution in [0.2, 0.25) is 57.9 Å². The highest BCUT2D eigenvalue weighted by Crippen LogP contribution is 2.28. The first kappa shape index (κ1) is 29.8. The molecule has 0 saturated heterocycles. The minimum atomic E-state index is -2.71. The monoisotopic (exact) mass is 498 g/mol. The van der Waals surface area contributed by atoms with E-state index in [2.05, 4.69) is 66.6 Å². The van der Waals surface area contributed by atoms with Crippen molar-refractivity contribution in [2.45, 2.75) is 98.0 Å². The predicted octanol–water partition coefficient (Wildman–Crippen LogP) is 5.53. The Hall–Kier alpha value is 0.844. The molecular formula is C18H46O6Si5. The molecule has 0 N–H and O–H groups in total. The molecule has 0 aromatic rings. The Kier molecular flexibility index (Phi) is 15.3. The normalized spacial score (nSPS) is 13.7. The average molecular weight is 499 g/mol. The summed E-state index contributed by atoms with van der Waals surface area (Å²) in [7, 11) is -9.21. The molecule has 0 rings (SSSR count). The van der Waals surface area contributed by atoms with Crippen LogP contribution in [-0.4, -0.2) is 63.8 Å². The second kappa shape index (κ2) is 14.8. The molecule has 0 aromatic carbocycles. The first-order chi connectivity index (χ1) is 13.4. The summed E-state index contributed by atoms with van der Waals surface area (Å²) >= 11 is 0. The van der Waals surface area contributed by atoms with Gasteiger partial charge in [0, 0.05) is 32.4 Å². The maximum atomic E-state index is 6.70. The van der Waals surface area contributed by atoms with Crippen LogP contribution in [0.3, 0.4) is 0 Å². The van der Waals surface area contributed by atoms with Gasteiger partial charge in [0.05, 0.1) is 0 Å². The molecule has 0 unspecified atom stereocenters. The standard InChI is InChI=1S/C18H46O6Si5/c1-11-14-19-29(20-15-12-2,21-16-13-3)18-17-27(8,9)24-28(10,22-25(4)5)23-26(6)7/h11-18H2,1-10H3. The van der Waals surface area contributed by atoms with E-state index in [1.807, 2.05) is 0 Å². The fourth-order valence-electron chi connectivity index (χ4n) is 2.93. The van der Waals surface area contributed by atoms with Crippen molar-refractivity contribution in [3.63, 3.8) is 0 Å². The fourth-order valence-corrected chi connectivity index (χ4v) is 20.8. The molecule has 0 bridgehead atoms. The van der Waals surface area contributed by atoms with Crippen LogP contribution in [0.5, 0.6) is 0 Å². The zero-order valence-corrected chi connectivity index (χ0v) is 25.6. The van der Waals surface area contributed by atoms with E-state index in [1.165, 1.54) is 0 Å². The highest BCUT2D eigenvalue weighted by Gasteiger charge is 2.47. The van der Waals surface area contributed by atoms with E-state index in [4.69, 9.17) is 25.6 Å². The van der Waals surface area contributed by atoms with E-state index >= 15 is 0 Å². The van der Waals surface area contributed by atoms with Crippen molar-refractivity contribution in [3.8, 4) is 0 Å². The molecule has 11 heteroatoms. The van der Waals surface area contributed by atoms with Gasteiger partial charge in [0.1, 0.15) is 0 Å². The summed E-state index contributed by atoms with van der Waals surface area (Å²) in [5, 5.41) is 0. The van der Waals surface area contributed by atoms with E-state index in [0.717, 1.165) is 31.4 Å². The molecule has 0 aliphatic rings. The van der Waals surface area contributed by atoms with Crippen molar-refractivity contribution in [1.82, 2.24) is 0 Å². The van der Waals surface area contributed by atoms with Crippen molar-refractivity contribution >= 4 is 44.0 Å². The number of hydrogen-bond donors (Lipinski definition) is 0. The Balaban J connectivity index is 5.31. The molecule has 0 atom stereocenters. The van der Waals surface area contributed by atoms with Crippen LogP contribution < -0.4 is 0 Å². The van der Waals surface area contributed by atoms with Crippen LogP contribution >= 0.6 is 0 Å². The molecule has 0 amide bonds. The van der Waals surface area contributed by atoms with Crippen LogP contribution in [0.25, 0.3) is 0 Å². The summed E-state index contributed by atoms with van der Waals surface area (Å²) in [5.41, 5.74) is 0. The second-order valence-electron chi connectivity index (χ2n) is 8.47. The molecule has 0 fully saturated rings. The van der Waals surface area contributed by atoms with Gasteiger partial charge in [-0.1, -0.05) is 20.8 Å². The van der Waals surface area contributed by atoms with Crippen molar-refractivity contribution in [2.24, 2.45) is 0 Å². The maximum absolute atomic E-state index is 6.70. The Morgan fingerprint density at radius 2 is 1.00 bits per heavy atom. The summed E-state index contributed by atoms with van der Waals surface area (Å²) < 4.78 is 38.0. The van der Waals surface area contributed by atoms with E-state index < -0.39 is 44.0 Å². The third-order valence-corrected chi connectivity index (χ3v) is 18.5. The molecule has 0 aromatic heterocycles. The predicted molar refractivity (Wildman–Crippen MR) is 131 cm³/mol. The Bertz CT molecular complexity index is 394. The van der Waals surface area contributed by atoms with Crippen LogP contribution in [0.4, 0.5) is 0 Å². The average Bonchev–Trinajstić information content (AvgIpc) is 2.58. The SMILES string of the molecule is CCCO[Si](CC[Si](C)(C)O[Si](C)(O[Si](C)C)O[Si](C)C)(OCCC)OCCC. The molecule has 0 aliphatic carbocycles. The lowest BCUT2D eigenvalue weighted by Gasteiger charge is -2.38. The Morgan fingerprint density at radius 1 is 0.621 bits per heavy atom. The van der Waals surface area contributed by atoms with Gasteiger partial charge in [-0.3, -0.25) is 0 Å². The molecule has 0 spiro atoms. The van der Waals surface area contributed by atoms with Crippen LogP contribution in [0, 0.1) is 0 Å². The molecular weight excluding hydrogens is 453 g/mol. The zero-order chi connectivity index (χ0) is 22.6. The lowest BCUT2D eigenvalue weighted by molar-refractivity contribution is 0.0601. The van der Waals surface area contributed by atoms with Gasteiger partial charge in [-0.2, -0.15) is 0 Å². The van der Waals surface area contributed by atoms with Gasteiger partial charge in [-0.05, 0) is 64.6 Å². The summed E-state index contributed by atoms with van der Waals surface area (Å²) in [4.78, 5) is 0. The quantitative estimate of drug-likeness (QED) is 0.232. The Morgan fingerprint density at radius 3 is 1.31 bits per heavy atom. The zero-order valence-electron chi connectivity index (χ0n) is 20.6. The van der Waals surface area contributed by atoms with E-state index in [9.17, 15) is 0 Å². The summed E-state index contributed by atoms with van der Waals surface area (Å²) in [6, 6.07) is 1.71. The molecule has 0 aliphatic heterocycles. The molecule has 0 heterocycles. The van der Waals surface area contributed by atoms with Gasteiger partial charge < -0.3 is 25.6 Å². The Labute approximate surface area is 187 Å². The third-order valence-electron chi connectivity index (χ3n) is 3.85. The molecule has 6 nitrogen and oxygen atoms in total. The largest absolute Gasteiger partial charge is 0.500 e. The van der Waals surface area contributed by atoms with Gasteiger partial charge in [0.2, 0.25) is 0 Å². The third kappa shape index (κ3) is 13.8. The summed E-state index contributed by atoms with van der Waals surface area (Å²) in [6.45, 7) is 23.5.